The molecule has 1 aromatic carbocycles. The fourth-order valence-electron chi connectivity index (χ4n) is 0.852. The van der Waals surface area contributed by atoms with Crippen LogP contribution in [0.4, 0.5) is 5.69 Å². The molecule has 1 aromatic rings. The van der Waals surface area contributed by atoms with Gasteiger partial charge in [-0.2, -0.15) is 0 Å². The molecule has 0 saturated heterocycles. The molecule has 0 amide bonds. The Morgan fingerprint density at radius 1 is 1.30 bits per heavy atom. The van der Waals surface area contributed by atoms with Crippen LogP contribution in [-0.4, -0.2) is 0 Å². The lowest BCUT2D eigenvalue weighted by Gasteiger charge is -1.83. The minimum absolute atomic E-state index is 0.813. The van der Waals surface area contributed by atoms with Crippen molar-refractivity contribution in [1.29, 1.82) is 0 Å². The highest BCUT2D eigenvalue weighted by Crippen LogP contribution is 2.05. The summed E-state index contributed by atoms with van der Waals surface area (Å²) in [6.45, 7) is 3.75. The lowest BCUT2D eigenvalue weighted by Crippen LogP contribution is -2.04. The van der Waals surface area contributed by atoms with Gasteiger partial charge in [-0.3, -0.25) is 0 Å². The average molecular weight is 131 g/mol. The Balaban J connectivity index is 2.89. The Bertz CT molecular complexity index is 392. The van der Waals surface area contributed by atoms with Crippen molar-refractivity contribution >= 4 is 12.3 Å². The Kier molecular flexibility index (Phi) is 0.917. The standard InChI is InChI=1S/C7H5N3/c1-5-2-3-6-7(4-5)9-10-8-6/h2-4H,1H2. The molecule has 2 rings (SSSR count). The van der Waals surface area contributed by atoms with Crippen LogP contribution in [0.25, 0.3) is 6.58 Å². The Labute approximate surface area is 57.4 Å². The maximum Gasteiger partial charge on any atom is 0.116 e. The molecule has 0 unspecified atom stereocenters. The number of nitrogens with zero attached hydrogens (tertiary/aromatic N) is 3. The molecule has 0 aromatic heterocycles. The quantitative estimate of drug-likeness (QED) is 0.497. The maximum absolute atomic E-state index is 3.78. The molecule has 1 aliphatic heterocycles. The van der Waals surface area contributed by atoms with Crippen LogP contribution in [0.15, 0.2) is 33.6 Å². The normalized spacial score (nSPS) is 12.8. The monoisotopic (exact) mass is 131 g/mol. The highest BCUT2D eigenvalue weighted by atomic mass is 15.4. The molecule has 0 bridgehead atoms. The molecule has 0 saturated carbocycles. The van der Waals surface area contributed by atoms with Gasteiger partial charge >= 0.3 is 0 Å². The molecule has 0 radical (unpaired) electrons. The summed E-state index contributed by atoms with van der Waals surface area (Å²) in [4.78, 5) is 0. The first-order valence-electron chi connectivity index (χ1n) is 2.94. The summed E-state index contributed by atoms with van der Waals surface area (Å²) >= 11 is 0. The molecular weight excluding hydrogens is 126 g/mol. The fraction of sp³-hybridized carbons (Fsp3) is 0. The SMILES string of the molecule is C=c1ccc2c(c1)N=NN=2. The van der Waals surface area contributed by atoms with Gasteiger partial charge in [0.15, 0.2) is 0 Å². The first-order valence-corrected chi connectivity index (χ1v) is 2.94. The number of hydrogen-bond donors (Lipinski definition) is 0. The highest BCUT2D eigenvalue weighted by Gasteiger charge is 1.97. The summed E-state index contributed by atoms with van der Waals surface area (Å²) < 4.78 is 0. The van der Waals surface area contributed by atoms with Crippen LogP contribution in [0.1, 0.15) is 0 Å². The van der Waals surface area contributed by atoms with Crippen molar-refractivity contribution in [3.63, 3.8) is 0 Å². The number of rotatable bonds is 0. The van der Waals surface area contributed by atoms with E-state index in [0.29, 0.717) is 0 Å². The van der Waals surface area contributed by atoms with Gasteiger partial charge in [0.1, 0.15) is 11.0 Å². The van der Waals surface area contributed by atoms with E-state index in [1.165, 1.54) is 0 Å². The van der Waals surface area contributed by atoms with Gasteiger partial charge in [-0.15, -0.1) is 10.2 Å². The van der Waals surface area contributed by atoms with Crippen molar-refractivity contribution in [2.24, 2.45) is 15.4 Å². The third-order valence-electron chi connectivity index (χ3n) is 1.34. The van der Waals surface area contributed by atoms with Crippen LogP contribution in [0.3, 0.4) is 0 Å². The average Bonchev–Trinajstić information content (AvgIpc) is 2.33. The van der Waals surface area contributed by atoms with Crippen LogP contribution in [0, 0.1) is 0 Å². The van der Waals surface area contributed by atoms with E-state index in [1.807, 2.05) is 18.2 Å². The zero-order chi connectivity index (χ0) is 6.97. The van der Waals surface area contributed by atoms with E-state index in [1.54, 1.807) is 0 Å². The Morgan fingerprint density at radius 3 is 3.10 bits per heavy atom. The summed E-state index contributed by atoms with van der Waals surface area (Å²) in [6, 6.07) is 5.60. The molecule has 0 atom stereocenters. The molecular formula is C7H5N3. The van der Waals surface area contributed by atoms with Gasteiger partial charge in [-0.1, -0.05) is 12.6 Å². The second kappa shape index (κ2) is 1.73. The summed E-state index contributed by atoms with van der Waals surface area (Å²) in [5, 5.41) is 12.8. The van der Waals surface area contributed by atoms with Gasteiger partial charge in [-0.25, -0.2) is 0 Å². The minimum atomic E-state index is 0.813. The van der Waals surface area contributed by atoms with Gasteiger partial charge in [0.2, 0.25) is 0 Å². The van der Waals surface area contributed by atoms with Gasteiger partial charge in [0.05, 0.1) is 0 Å². The van der Waals surface area contributed by atoms with Crippen molar-refractivity contribution in [1.82, 2.24) is 0 Å². The highest BCUT2D eigenvalue weighted by molar-refractivity contribution is 5.37. The van der Waals surface area contributed by atoms with Gasteiger partial charge in [0.25, 0.3) is 0 Å². The van der Waals surface area contributed by atoms with E-state index < -0.39 is 0 Å². The largest absolute Gasteiger partial charge is 0.128 e. The summed E-state index contributed by atoms with van der Waals surface area (Å²) in [5.74, 6) is 0. The van der Waals surface area contributed by atoms with Crippen LogP contribution < -0.4 is 10.6 Å². The second-order valence-corrected chi connectivity index (χ2v) is 2.11. The van der Waals surface area contributed by atoms with E-state index in [2.05, 4.69) is 22.0 Å². The number of fused-ring (bicyclic) bond motifs is 1. The van der Waals surface area contributed by atoms with E-state index >= 15 is 0 Å². The summed E-state index contributed by atoms with van der Waals surface area (Å²) in [6.07, 6.45) is 0. The number of hydrogen-bond acceptors (Lipinski definition) is 3. The van der Waals surface area contributed by atoms with Crippen LogP contribution >= 0.6 is 0 Å². The number of benzene rings is 1. The Morgan fingerprint density at radius 2 is 2.20 bits per heavy atom. The second-order valence-electron chi connectivity index (χ2n) is 2.11. The zero-order valence-corrected chi connectivity index (χ0v) is 5.28. The zero-order valence-electron chi connectivity index (χ0n) is 5.28. The van der Waals surface area contributed by atoms with Crippen LogP contribution in [0.2, 0.25) is 0 Å². The molecule has 3 nitrogen and oxygen atoms in total. The van der Waals surface area contributed by atoms with E-state index in [0.717, 1.165) is 16.3 Å². The molecule has 10 heavy (non-hydrogen) atoms. The van der Waals surface area contributed by atoms with Crippen molar-refractivity contribution in [3.05, 3.63) is 28.8 Å². The van der Waals surface area contributed by atoms with E-state index in [-0.39, 0.29) is 0 Å². The van der Waals surface area contributed by atoms with Crippen molar-refractivity contribution in [2.45, 2.75) is 0 Å². The molecule has 0 aliphatic carbocycles. The minimum Gasteiger partial charge on any atom is -0.128 e. The molecule has 1 heterocycles. The van der Waals surface area contributed by atoms with Crippen molar-refractivity contribution in [3.8, 4) is 0 Å². The van der Waals surface area contributed by atoms with Gasteiger partial charge < -0.3 is 0 Å². The summed E-state index contributed by atoms with van der Waals surface area (Å²) in [7, 11) is 0. The van der Waals surface area contributed by atoms with E-state index in [9.17, 15) is 0 Å². The van der Waals surface area contributed by atoms with E-state index in [4.69, 9.17) is 0 Å². The summed E-state index contributed by atoms with van der Waals surface area (Å²) in [5.41, 5.74) is 0.813. The molecule has 1 aliphatic rings. The third kappa shape index (κ3) is 0.639. The van der Waals surface area contributed by atoms with Crippen LogP contribution in [0.5, 0.6) is 0 Å². The Hall–Kier alpha value is -1.51. The van der Waals surface area contributed by atoms with Crippen molar-refractivity contribution < 1.29 is 0 Å². The first-order chi connectivity index (χ1) is 4.86. The van der Waals surface area contributed by atoms with Gasteiger partial charge in [0, 0.05) is 0 Å². The molecule has 48 valence electrons. The predicted octanol–water partition coefficient (Wildman–Crippen LogP) is 0.729. The lowest BCUT2D eigenvalue weighted by molar-refractivity contribution is 1.08. The lowest BCUT2D eigenvalue weighted by atomic mass is 10.3. The smallest absolute Gasteiger partial charge is 0.116 e. The predicted molar refractivity (Wildman–Crippen MR) is 37.3 cm³/mol. The molecule has 0 fully saturated rings. The third-order valence-corrected chi connectivity index (χ3v) is 1.34. The van der Waals surface area contributed by atoms with Crippen LogP contribution in [-0.2, 0) is 0 Å². The first kappa shape index (κ1) is 5.29. The molecule has 3 heteroatoms. The fourth-order valence-corrected chi connectivity index (χ4v) is 0.852. The molecule has 0 spiro atoms. The maximum atomic E-state index is 3.78. The molecule has 0 N–H and O–H groups in total. The van der Waals surface area contributed by atoms with Crippen molar-refractivity contribution in [2.75, 3.05) is 0 Å². The topological polar surface area (TPSA) is 37.1 Å². The van der Waals surface area contributed by atoms with Gasteiger partial charge in [-0.05, 0) is 22.6 Å².